The molecule has 0 atom stereocenters. The standard InChI is InChI=1S/C9H17NO5S/c1-14-7-9(11)10-5-3-8(4-6-10)15-16(2,12)13/h8H,3-7H2,1-2H3. The molecule has 0 aromatic heterocycles. The van der Waals surface area contributed by atoms with Gasteiger partial charge in [-0.15, -0.1) is 0 Å². The van der Waals surface area contributed by atoms with Crippen LogP contribution in [-0.4, -0.2) is 58.4 Å². The maximum absolute atomic E-state index is 11.4. The van der Waals surface area contributed by atoms with Gasteiger partial charge in [0.2, 0.25) is 5.91 Å². The molecule has 1 amide bonds. The molecule has 1 aliphatic heterocycles. The summed E-state index contributed by atoms with van der Waals surface area (Å²) in [5.74, 6) is -0.0692. The average Bonchev–Trinajstić information content (AvgIpc) is 2.16. The fourth-order valence-electron chi connectivity index (χ4n) is 1.66. The van der Waals surface area contributed by atoms with Crippen molar-refractivity contribution in [2.45, 2.75) is 18.9 Å². The van der Waals surface area contributed by atoms with Gasteiger partial charge >= 0.3 is 0 Å². The highest BCUT2D eigenvalue weighted by molar-refractivity contribution is 7.86. The van der Waals surface area contributed by atoms with Gasteiger partial charge in [0.25, 0.3) is 10.1 Å². The highest BCUT2D eigenvalue weighted by atomic mass is 32.2. The Bertz CT molecular complexity index is 332. The van der Waals surface area contributed by atoms with Crippen LogP contribution < -0.4 is 0 Å². The second kappa shape index (κ2) is 5.60. The van der Waals surface area contributed by atoms with Crippen molar-refractivity contribution >= 4 is 16.0 Å². The SMILES string of the molecule is COCC(=O)N1CCC(OS(C)(=O)=O)CC1. The number of likely N-dealkylation sites (tertiary alicyclic amines) is 1. The Morgan fingerprint density at radius 2 is 1.94 bits per heavy atom. The Morgan fingerprint density at radius 1 is 1.38 bits per heavy atom. The van der Waals surface area contributed by atoms with Crippen LogP contribution in [0.3, 0.4) is 0 Å². The predicted octanol–water partition coefficient (Wildman–Crippen LogP) is -0.400. The minimum absolute atomic E-state index is 0.0671. The molecule has 6 nitrogen and oxygen atoms in total. The van der Waals surface area contributed by atoms with Gasteiger partial charge in [0.1, 0.15) is 6.61 Å². The zero-order valence-electron chi connectivity index (χ0n) is 9.51. The molecular formula is C9H17NO5S. The summed E-state index contributed by atoms with van der Waals surface area (Å²) >= 11 is 0. The van der Waals surface area contributed by atoms with Crippen molar-refractivity contribution in [2.24, 2.45) is 0 Å². The minimum Gasteiger partial charge on any atom is -0.375 e. The molecule has 0 spiro atoms. The smallest absolute Gasteiger partial charge is 0.264 e. The van der Waals surface area contributed by atoms with E-state index < -0.39 is 10.1 Å². The van der Waals surface area contributed by atoms with Crippen LogP contribution in [0.15, 0.2) is 0 Å². The fourth-order valence-corrected chi connectivity index (χ4v) is 2.35. The van der Waals surface area contributed by atoms with Gasteiger partial charge in [-0.05, 0) is 12.8 Å². The maximum atomic E-state index is 11.4. The van der Waals surface area contributed by atoms with E-state index in [1.807, 2.05) is 0 Å². The molecule has 7 heteroatoms. The number of piperidine rings is 1. The van der Waals surface area contributed by atoms with Crippen LogP contribution >= 0.6 is 0 Å². The summed E-state index contributed by atoms with van der Waals surface area (Å²) in [6, 6.07) is 0. The Hall–Kier alpha value is -0.660. The summed E-state index contributed by atoms with van der Waals surface area (Å²) < 4.78 is 31.4. The normalized spacial score (nSPS) is 18.8. The third-order valence-electron chi connectivity index (χ3n) is 2.37. The number of rotatable bonds is 4. The van der Waals surface area contributed by atoms with Gasteiger partial charge in [-0.25, -0.2) is 0 Å². The monoisotopic (exact) mass is 251 g/mol. The van der Waals surface area contributed by atoms with E-state index in [2.05, 4.69) is 0 Å². The van der Waals surface area contributed by atoms with Crippen LogP contribution in [0.25, 0.3) is 0 Å². The first-order valence-corrected chi connectivity index (χ1v) is 6.89. The second-order valence-electron chi connectivity index (χ2n) is 3.81. The van der Waals surface area contributed by atoms with E-state index in [0.717, 1.165) is 6.26 Å². The molecule has 0 aromatic rings. The highest BCUT2D eigenvalue weighted by Crippen LogP contribution is 2.15. The summed E-state index contributed by atoms with van der Waals surface area (Å²) in [5.41, 5.74) is 0. The molecule has 1 saturated heterocycles. The van der Waals surface area contributed by atoms with E-state index in [4.69, 9.17) is 8.92 Å². The molecule has 1 heterocycles. The van der Waals surface area contributed by atoms with Crippen LogP contribution in [0.2, 0.25) is 0 Å². The fraction of sp³-hybridized carbons (Fsp3) is 0.889. The zero-order chi connectivity index (χ0) is 12.2. The molecule has 0 aliphatic carbocycles. The molecule has 1 aliphatic rings. The van der Waals surface area contributed by atoms with Crippen molar-refractivity contribution < 1.29 is 22.1 Å². The van der Waals surface area contributed by atoms with E-state index in [0.29, 0.717) is 25.9 Å². The zero-order valence-corrected chi connectivity index (χ0v) is 10.3. The van der Waals surface area contributed by atoms with Gasteiger partial charge in [0, 0.05) is 20.2 Å². The van der Waals surface area contributed by atoms with Gasteiger partial charge in [-0.3, -0.25) is 8.98 Å². The van der Waals surface area contributed by atoms with Crippen molar-refractivity contribution in [1.82, 2.24) is 4.90 Å². The van der Waals surface area contributed by atoms with Gasteiger partial charge in [-0.2, -0.15) is 8.42 Å². The van der Waals surface area contributed by atoms with E-state index in [-0.39, 0.29) is 18.6 Å². The number of hydrogen-bond acceptors (Lipinski definition) is 5. The Labute approximate surface area is 95.6 Å². The third kappa shape index (κ3) is 4.46. The van der Waals surface area contributed by atoms with Crippen molar-refractivity contribution in [3.63, 3.8) is 0 Å². The van der Waals surface area contributed by atoms with E-state index in [1.54, 1.807) is 4.90 Å². The minimum atomic E-state index is -3.40. The Morgan fingerprint density at radius 3 is 2.38 bits per heavy atom. The first-order chi connectivity index (χ1) is 7.42. The summed E-state index contributed by atoms with van der Waals surface area (Å²) in [7, 11) is -1.93. The van der Waals surface area contributed by atoms with Crippen molar-refractivity contribution in [3.05, 3.63) is 0 Å². The number of carbonyl (C=O) groups excluding carboxylic acids is 1. The largest absolute Gasteiger partial charge is 0.375 e. The lowest BCUT2D eigenvalue weighted by Gasteiger charge is -2.31. The van der Waals surface area contributed by atoms with Crippen LogP contribution in [0.5, 0.6) is 0 Å². The number of hydrogen-bond donors (Lipinski definition) is 0. The van der Waals surface area contributed by atoms with Crippen molar-refractivity contribution in [3.8, 4) is 0 Å². The van der Waals surface area contributed by atoms with Gasteiger partial charge < -0.3 is 9.64 Å². The molecule has 16 heavy (non-hydrogen) atoms. The number of nitrogens with zero attached hydrogens (tertiary/aromatic N) is 1. The predicted molar refractivity (Wildman–Crippen MR) is 57.4 cm³/mol. The molecule has 1 rings (SSSR count). The summed E-state index contributed by atoms with van der Waals surface area (Å²) in [6.45, 7) is 1.10. The lowest BCUT2D eigenvalue weighted by molar-refractivity contribution is -0.136. The van der Waals surface area contributed by atoms with Gasteiger partial charge in [0.15, 0.2) is 0 Å². The van der Waals surface area contributed by atoms with E-state index in [9.17, 15) is 13.2 Å². The molecule has 0 bridgehead atoms. The lowest BCUT2D eigenvalue weighted by Crippen LogP contribution is -2.42. The number of amides is 1. The summed E-state index contributed by atoms with van der Waals surface area (Å²) in [4.78, 5) is 13.1. The van der Waals surface area contributed by atoms with Gasteiger partial charge in [0.05, 0.1) is 12.4 Å². The number of methoxy groups -OCH3 is 1. The molecule has 0 N–H and O–H groups in total. The van der Waals surface area contributed by atoms with E-state index in [1.165, 1.54) is 7.11 Å². The molecule has 0 saturated carbocycles. The van der Waals surface area contributed by atoms with Crippen molar-refractivity contribution in [1.29, 1.82) is 0 Å². The Kier molecular flexibility index (Phi) is 4.69. The molecule has 94 valence electrons. The second-order valence-corrected chi connectivity index (χ2v) is 5.41. The van der Waals surface area contributed by atoms with Crippen LogP contribution in [0.4, 0.5) is 0 Å². The highest BCUT2D eigenvalue weighted by Gasteiger charge is 2.25. The topological polar surface area (TPSA) is 72.9 Å². The molecule has 0 aromatic carbocycles. The van der Waals surface area contributed by atoms with Crippen LogP contribution in [0, 0.1) is 0 Å². The third-order valence-corrected chi connectivity index (χ3v) is 3.00. The summed E-state index contributed by atoms with van der Waals surface area (Å²) in [5, 5.41) is 0. The van der Waals surface area contributed by atoms with Crippen LogP contribution in [0.1, 0.15) is 12.8 Å². The molecule has 1 fully saturated rings. The Balaban J connectivity index is 2.37. The van der Waals surface area contributed by atoms with Crippen LogP contribution in [-0.2, 0) is 23.8 Å². The molecular weight excluding hydrogens is 234 g/mol. The molecule has 0 unspecified atom stereocenters. The lowest BCUT2D eigenvalue weighted by atomic mass is 10.1. The number of carbonyl (C=O) groups is 1. The first kappa shape index (κ1) is 13.4. The van der Waals surface area contributed by atoms with E-state index >= 15 is 0 Å². The first-order valence-electron chi connectivity index (χ1n) is 5.07. The maximum Gasteiger partial charge on any atom is 0.264 e. The van der Waals surface area contributed by atoms with Gasteiger partial charge in [-0.1, -0.05) is 0 Å². The average molecular weight is 251 g/mol. The number of ether oxygens (including phenoxy) is 1. The van der Waals surface area contributed by atoms with Crippen molar-refractivity contribution in [2.75, 3.05) is 33.1 Å². The summed E-state index contributed by atoms with van der Waals surface area (Å²) in [6.07, 6.45) is 1.82. The molecule has 0 radical (unpaired) electrons. The quantitative estimate of drug-likeness (QED) is 0.636.